The third-order valence-electron chi connectivity index (χ3n) is 3.73. The number of piperidine rings is 1. The van der Waals surface area contributed by atoms with Crippen molar-refractivity contribution in [2.75, 3.05) is 0 Å². The molecule has 1 fully saturated rings. The highest BCUT2D eigenvalue weighted by atomic mass is 35.5. The molecule has 3 heteroatoms. The lowest BCUT2D eigenvalue weighted by atomic mass is 9.90. The topological polar surface area (TPSA) is 32.3 Å². The van der Waals surface area contributed by atoms with Crippen molar-refractivity contribution in [3.63, 3.8) is 0 Å². The Labute approximate surface area is 114 Å². The zero-order chi connectivity index (χ0) is 13.0. The molecule has 0 aliphatic carbocycles. The summed E-state index contributed by atoms with van der Waals surface area (Å²) in [5.41, 5.74) is 0.914. The van der Waals surface area contributed by atoms with Gasteiger partial charge in [-0.1, -0.05) is 43.5 Å². The van der Waals surface area contributed by atoms with E-state index in [0.29, 0.717) is 11.1 Å². The van der Waals surface area contributed by atoms with Gasteiger partial charge >= 0.3 is 0 Å². The summed E-state index contributed by atoms with van der Waals surface area (Å²) in [4.78, 5) is 0. The third kappa shape index (κ3) is 3.47. The average Bonchev–Trinajstić information content (AvgIpc) is 2.39. The number of nitrogens with one attached hydrogen (secondary N) is 1. The Morgan fingerprint density at radius 2 is 2.28 bits per heavy atom. The van der Waals surface area contributed by atoms with Crippen molar-refractivity contribution in [2.24, 2.45) is 0 Å². The highest BCUT2D eigenvalue weighted by Crippen LogP contribution is 2.27. The Hall–Kier alpha value is -0.570. The maximum atomic E-state index is 10.4. The summed E-state index contributed by atoms with van der Waals surface area (Å²) in [5.74, 6) is 0. The number of hydrogen-bond acceptors (Lipinski definition) is 2. The summed E-state index contributed by atoms with van der Waals surface area (Å²) in [5, 5.41) is 14.7. The maximum Gasteiger partial charge on any atom is 0.0943 e. The molecule has 0 unspecified atom stereocenters. The number of benzene rings is 1. The monoisotopic (exact) mass is 267 g/mol. The standard InChI is InChI=1S/C15H22ClNO/c1-2-5-13-8-4-9-14(17-13)15(18)11-6-3-7-12(16)10-11/h3,6-7,10,13-15,17-18H,2,4-5,8-9H2,1H3/t13-,14+,15+/m1/s1. The minimum Gasteiger partial charge on any atom is -0.387 e. The van der Waals surface area contributed by atoms with Gasteiger partial charge in [0.1, 0.15) is 0 Å². The van der Waals surface area contributed by atoms with E-state index in [1.54, 1.807) is 0 Å². The van der Waals surface area contributed by atoms with Gasteiger partial charge in [0.25, 0.3) is 0 Å². The van der Waals surface area contributed by atoms with Gasteiger partial charge < -0.3 is 10.4 Å². The van der Waals surface area contributed by atoms with Crippen LogP contribution in [0.4, 0.5) is 0 Å². The lowest BCUT2D eigenvalue weighted by molar-refractivity contribution is 0.0998. The Morgan fingerprint density at radius 1 is 1.44 bits per heavy atom. The van der Waals surface area contributed by atoms with Crippen molar-refractivity contribution < 1.29 is 5.11 Å². The van der Waals surface area contributed by atoms with E-state index >= 15 is 0 Å². The first-order valence-corrected chi connectivity index (χ1v) is 7.28. The van der Waals surface area contributed by atoms with Crippen molar-refractivity contribution in [1.82, 2.24) is 5.32 Å². The normalized spacial score (nSPS) is 25.9. The third-order valence-corrected chi connectivity index (χ3v) is 3.96. The van der Waals surface area contributed by atoms with Crippen LogP contribution in [0.5, 0.6) is 0 Å². The zero-order valence-electron chi connectivity index (χ0n) is 10.9. The number of rotatable bonds is 4. The second kappa shape index (κ2) is 6.55. The van der Waals surface area contributed by atoms with Gasteiger partial charge in [-0.15, -0.1) is 0 Å². The molecular formula is C15H22ClNO. The van der Waals surface area contributed by atoms with Gasteiger partial charge in [-0.3, -0.25) is 0 Å². The fourth-order valence-corrected chi connectivity index (χ4v) is 3.00. The molecule has 0 saturated carbocycles. The first-order chi connectivity index (χ1) is 8.70. The van der Waals surface area contributed by atoms with Gasteiger partial charge in [-0.25, -0.2) is 0 Å². The predicted molar refractivity (Wildman–Crippen MR) is 75.9 cm³/mol. The molecule has 1 heterocycles. The molecule has 1 saturated heterocycles. The Kier molecular flexibility index (Phi) is 5.04. The van der Waals surface area contributed by atoms with Crippen LogP contribution in [-0.4, -0.2) is 17.2 Å². The van der Waals surface area contributed by atoms with E-state index in [0.717, 1.165) is 12.0 Å². The Bertz CT molecular complexity index is 381. The quantitative estimate of drug-likeness (QED) is 0.872. The van der Waals surface area contributed by atoms with E-state index in [-0.39, 0.29) is 6.04 Å². The number of aliphatic hydroxyl groups excluding tert-OH is 1. The minimum absolute atomic E-state index is 0.161. The van der Waals surface area contributed by atoms with E-state index in [1.165, 1.54) is 25.7 Å². The van der Waals surface area contributed by atoms with Gasteiger partial charge in [0.2, 0.25) is 0 Å². The lowest BCUT2D eigenvalue weighted by Crippen LogP contribution is -2.45. The smallest absolute Gasteiger partial charge is 0.0943 e. The summed E-state index contributed by atoms with van der Waals surface area (Å²) < 4.78 is 0. The van der Waals surface area contributed by atoms with E-state index in [9.17, 15) is 5.11 Å². The molecule has 0 aromatic heterocycles. The van der Waals surface area contributed by atoms with Crippen LogP contribution < -0.4 is 5.32 Å². The first-order valence-electron chi connectivity index (χ1n) is 6.90. The zero-order valence-corrected chi connectivity index (χ0v) is 11.7. The molecule has 0 spiro atoms. The molecule has 2 rings (SSSR count). The largest absolute Gasteiger partial charge is 0.387 e. The molecule has 0 radical (unpaired) electrons. The fraction of sp³-hybridized carbons (Fsp3) is 0.600. The van der Waals surface area contributed by atoms with Crippen molar-refractivity contribution in [2.45, 2.75) is 57.2 Å². The van der Waals surface area contributed by atoms with E-state index in [1.807, 2.05) is 24.3 Å². The van der Waals surface area contributed by atoms with E-state index < -0.39 is 6.10 Å². The number of hydrogen-bond donors (Lipinski definition) is 2. The summed E-state index contributed by atoms with van der Waals surface area (Å²) in [6.45, 7) is 2.21. The molecular weight excluding hydrogens is 246 g/mol. The van der Waals surface area contributed by atoms with Crippen molar-refractivity contribution in [3.05, 3.63) is 34.9 Å². The van der Waals surface area contributed by atoms with Crippen molar-refractivity contribution in [3.8, 4) is 0 Å². The molecule has 1 aliphatic heterocycles. The highest BCUT2D eigenvalue weighted by molar-refractivity contribution is 6.30. The average molecular weight is 268 g/mol. The summed E-state index contributed by atoms with van der Waals surface area (Å²) in [7, 11) is 0. The van der Waals surface area contributed by atoms with Gasteiger partial charge in [0.05, 0.1) is 6.10 Å². The van der Waals surface area contributed by atoms with Gasteiger partial charge in [-0.2, -0.15) is 0 Å². The van der Waals surface area contributed by atoms with Crippen LogP contribution in [-0.2, 0) is 0 Å². The van der Waals surface area contributed by atoms with Crippen LogP contribution in [0, 0.1) is 0 Å². The van der Waals surface area contributed by atoms with Gasteiger partial charge in [0, 0.05) is 17.1 Å². The van der Waals surface area contributed by atoms with Crippen LogP contribution in [0.15, 0.2) is 24.3 Å². The van der Waals surface area contributed by atoms with Crippen LogP contribution in [0.2, 0.25) is 5.02 Å². The highest BCUT2D eigenvalue weighted by Gasteiger charge is 2.26. The summed E-state index contributed by atoms with van der Waals surface area (Å²) >= 11 is 5.97. The molecule has 1 aromatic carbocycles. The first kappa shape index (κ1) is 13.9. The number of aliphatic hydroxyl groups is 1. The van der Waals surface area contributed by atoms with E-state index in [2.05, 4.69) is 12.2 Å². The molecule has 100 valence electrons. The molecule has 0 bridgehead atoms. The molecule has 0 amide bonds. The molecule has 2 nitrogen and oxygen atoms in total. The molecule has 3 atom stereocenters. The summed E-state index contributed by atoms with van der Waals surface area (Å²) in [6, 6.07) is 8.26. The SMILES string of the molecule is CCC[C@@H]1CCC[C@@H]([C@@H](O)c2cccc(Cl)c2)N1. The Balaban J connectivity index is 2.02. The summed E-state index contributed by atoms with van der Waals surface area (Å²) in [6.07, 6.45) is 5.39. The van der Waals surface area contributed by atoms with E-state index in [4.69, 9.17) is 11.6 Å². The van der Waals surface area contributed by atoms with Crippen molar-refractivity contribution >= 4 is 11.6 Å². The second-order valence-electron chi connectivity index (χ2n) is 5.19. The number of halogens is 1. The predicted octanol–water partition coefficient (Wildman–Crippen LogP) is 3.68. The second-order valence-corrected chi connectivity index (χ2v) is 5.63. The fourth-order valence-electron chi connectivity index (χ4n) is 2.80. The maximum absolute atomic E-state index is 10.4. The van der Waals surface area contributed by atoms with Gasteiger partial charge in [-0.05, 0) is 37.0 Å². The molecule has 1 aliphatic rings. The Morgan fingerprint density at radius 3 is 3.00 bits per heavy atom. The van der Waals surface area contributed by atoms with Crippen LogP contribution >= 0.6 is 11.6 Å². The van der Waals surface area contributed by atoms with Gasteiger partial charge in [0.15, 0.2) is 0 Å². The lowest BCUT2D eigenvalue weighted by Gasteiger charge is -2.34. The minimum atomic E-state index is -0.455. The van der Waals surface area contributed by atoms with Crippen LogP contribution in [0.25, 0.3) is 0 Å². The van der Waals surface area contributed by atoms with Crippen molar-refractivity contribution in [1.29, 1.82) is 0 Å². The van der Waals surface area contributed by atoms with Crippen LogP contribution in [0.1, 0.15) is 50.7 Å². The molecule has 2 N–H and O–H groups in total. The van der Waals surface area contributed by atoms with Crippen LogP contribution in [0.3, 0.4) is 0 Å². The molecule has 18 heavy (non-hydrogen) atoms. The molecule has 1 aromatic rings.